The van der Waals surface area contributed by atoms with E-state index < -0.39 is 26.9 Å². The minimum atomic E-state index is -4.38. The Balaban J connectivity index is 1.58. The molecule has 1 aliphatic heterocycles. The fourth-order valence-electron chi connectivity index (χ4n) is 4.42. The highest BCUT2D eigenvalue weighted by atomic mass is 32.2. The molecule has 0 spiro atoms. The number of sulfonamides is 1. The van der Waals surface area contributed by atoms with Gasteiger partial charge in [0.25, 0.3) is 15.9 Å². The van der Waals surface area contributed by atoms with E-state index in [1.165, 1.54) is 16.0 Å². The zero-order chi connectivity index (χ0) is 21.5. The van der Waals surface area contributed by atoms with Crippen LogP contribution in [0.25, 0.3) is 0 Å². The van der Waals surface area contributed by atoms with Crippen molar-refractivity contribution in [2.45, 2.75) is 38.5 Å². The lowest BCUT2D eigenvalue weighted by Crippen LogP contribution is -2.44. The average molecular weight is 432 g/mol. The number of hydrogen-bond donors (Lipinski definition) is 3. The summed E-state index contributed by atoms with van der Waals surface area (Å²) in [7, 11) is -2.83. The first-order chi connectivity index (χ1) is 14.3. The molecule has 9 nitrogen and oxygen atoms in total. The van der Waals surface area contributed by atoms with Gasteiger partial charge in [0.1, 0.15) is 10.6 Å². The first-order valence-electron chi connectivity index (χ1n) is 10.0. The van der Waals surface area contributed by atoms with Gasteiger partial charge in [-0.05, 0) is 60.8 Å². The van der Waals surface area contributed by atoms with E-state index in [9.17, 15) is 18.0 Å². The molecule has 160 valence electrons. The smallest absolute Gasteiger partial charge is 0.333 e. The van der Waals surface area contributed by atoms with Gasteiger partial charge in [-0.2, -0.15) is 0 Å². The van der Waals surface area contributed by atoms with E-state index in [1.807, 2.05) is 4.72 Å². The molecule has 0 saturated heterocycles. The van der Waals surface area contributed by atoms with Gasteiger partial charge in [0.05, 0.1) is 6.54 Å². The number of likely N-dealkylation sites (N-methyl/N-ethyl adjacent to an activating group) is 1. The summed E-state index contributed by atoms with van der Waals surface area (Å²) in [5.41, 5.74) is 10.6. The predicted octanol–water partition coefficient (Wildman–Crippen LogP) is 0.828. The van der Waals surface area contributed by atoms with Gasteiger partial charge in [-0.1, -0.05) is 6.07 Å². The number of fused-ring (bicyclic) bond motifs is 2. The summed E-state index contributed by atoms with van der Waals surface area (Å²) >= 11 is 0. The lowest BCUT2D eigenvalue weighted by atomic mass is 9.99. The number of aryl methyl sites for hydroxylation is 2. The van der Waals surface area contributed by atoms with Crippen LogP contribution in [0, 0.1) is 0 Å². The van der Waals surface area contributed by atoms with Gasteiger partial charge in [-0.25, -0.2) is 17.9 Å². The average Bonchev–Trinajstić information content (AvgIpc) is 3.34. The summed E-state index contributed by atoms with van der Waals surface area (Å²) in [5, 5.41) is 2.77. The Morgan fingerprint density at radius 2 is 1.80 bits per heavy atom. The van der Waals surface area contributed by atoms with Gasteiger partial charge in [0.15, 0.2) is 0 Å². The summed E-state index contributed by atoms with van der Waals surface area (Å²) in [6.07, 6.45) is 6.47. The van der Waals surface area contributed by atoms with Crippen LogP contribution in [0.1, 0.15) is 35.1 Å². The molecule has 1 heterocycles. The molecular weight excluding hydrogens is 406 g/mol. The number of aliphatic imine (C=N–C) groups is 1. The number of nitrogens with zero attached hydrogens (tertiary/aromatic N) is 2. The first kappa shape index (κ1) is 20.4. The molecule has 0 bridgehead atoms. The van der Waals surface area contributed by atoms with Crippen LogP contribution in [0.15, 0.2) is 22.2 Å². The number of rotatable bonds is 4. The second-order valence-electron chi connectivity index (χ2n) is 7.78. The lowest BCUT2D eigenvalue weighted by molar-refractivity contribution is -0.123. The van der Waals surface area contributed by atoms with Crippen molar-refractivity contribution in [3.8, 4) is 0 Å². The van der Waals surface area contributed by atoms with Gasteiger partial charge in [-0.3, -0.25) is 9.79 Å². The Hall–Kier alpha value is -2.88. The molecule has 4 rings (SSSR count). The van der Waals surface area contributed by atoms with Crippen LogP contribution in [-0.2, 0) is 40.5 Å². The van der Waals surface area contributed by atoms with Crippen LogP contribution in [0.3, 0.4) is 0 Å². The van der Waals surface area contributed by atoms with E-state index in [0.29, 0.717) is 6.54 Å². The largest absolute Gasteiger partial charge is 0.403 e. The van der Waals surface area contributed by atoms with Crippen molar-refractivity contribution in [1.82, 2.24) is 9.62 Å². The van der Waals surface area contributed by atoms with Crippen LogP contribution in [0.4, 0.5) is 10.5 Å². The molecule has 0 saturated carbocycles. The molecule has 3 amide bonds. The van der Waals surface area contributed by atoms with Crippen molar-refractivity contribution in [2.24, 2.45) is 10.7 Å². The van der Waals surface area contributed by atoms with Crippen LogP contribution in [0.5, 0.6) is 0 Å². The molecule has 0 atom stereocenters. The number of hydrogen-bond acceptors (Lipinski definition) is 6. The Labute approximate surface area is 175 Å². The number of nitrogens with one attached hydrogen (secondary N) is 2. The number of urea groups is 1. The monoisotopic (exact) mass is 431 g/mol. The van der Waals surface area contributed by atoms with Gasteiger partial charge in [0.2, 0.25) is 0 Å². The molecule has 1 aromatic rings. The molecule has 30 heavy (non-hydrogen) atoms. The van der Waals surface area contributed by atoms with E-state index in [0.717, 1.165) is 61.5 Å². The fraction of sp³-hybridized carbons (Fsp3) is 0.450. The van der Waals surface area contributed by atoms with Crippen molar-refractivity contribution in [2.75, 3.05) is 25.5 Å². The molecule has 10 heteroatoms. The van der Waals surface area contributed by atoms with E-state index in [4.69, 9.17) is 5.73 Å². The van der Waals surface area contributed by atoms with Crippen molar-refractivity contribution in [3.05, 3.63) is 39.4 Å². The summed E-state index contributed by atoms with van der Waals surface area (Å²) < 4.78 is 27.6. The molecule has 1 aromatic carbocycles. The highest BCUT2D eigenvalue weighted by Gasteiger charge is 2.33. The highest BCUT2D eigenvalue weighted by Crippen LogP contribution is 2.38. The first-order valence-corrected chi connectivity index (χ1v) is 11.5. The third kappa shape index (κ3) is 3.55. The van der Waals surface area contributed by atoms with Gasteiger partial charge >= 0.3 is 6.03 Å². The molecular formula is C20H25N5O4S. The van der Waals surface area contributed by atoms with Gasteiger partial charge in [-0.15, -0.1) is 0 Å². The summed E-state index contributed by atoms with van der Waals surface area (Å²) in [6, 6.07) is 1.35. The van der Waals surface area contributed by atoms with Crippen molar-refractivity contribution < 1.29 is 18.0 Å². The second kappa shape index (κ2) is 7.75. The second-order valence-corrected chi connectivity index (χ2v) is 9.43. The Morgan fingerprint density at radius 3 is 2.40 bits per heavy atom. The van der Waals surface area contributed by atoms with Gasteiger partial charge in [0, 0.05) is 25.5 Å². The highest BCUT2D eigenvalue weighted by molar-refractivity contribution is 7.95. The summed E-state index contributed by atoms with van der Waals surface area (Å²) in [6.45, 7) is 0.650. The fourth-order valence-corrected chi connectivity index (χ4v) is 5.41. The van der Waals surface area contributed by atoms with Crippen molar-refractivity contribution >= 4 is 33.4 Å². The van der Waals surface area contributed by atoms with E-state index >= 15 is 0 Å². The van der Waals surface area contributed by atoms with Crippen LogP contribution < -0.4 is 15.8 Å². The number of nitrogens with two attached hydrogens (primary N) is 1. The molecule has 0 fully saturated rings. The maximum Gasteiger partial charge on any atom is 0.333 e. The Morgan fingerprint density at radius 1 is 1.17 bits per heavy atom. The van der Waals surface area contributed by atoms with E-state index in [2.05, 4.69) is 16.4 Å². The summed E-state index contributed by atoms with van der Waals surface area (Å²) in [5.74, 6) is -0.553. The third-order valence-corrected chi connectivity index (χ3v) is 7.23. The number of anilines is 1. The molecule has 4 N–H and O–H groups in total. The molecule has 0 aromatic heterocycles. The van der Waals surface area contributed by atoms with E-state index in [1.54, 1.807) is 7.05 Å². The Bertz CT molecular complexity index is 1060. The lowest BCUT2D eigenvalue weighted by Gasteiger charge is -2.23. The number of benzene rings is 1. The number of carbonyl (C=O) groups is 2. The topological polar surface area (TPSA) is 134 Å². The maximum atomic E-state index is 12.8. The SMILES string of the molecule is CN1CCN=C(C(=CN)S(=O)(=O)NC(=O)Nc2c3c(cc4c2CCC4)CCC3)C1=O. The van der Waals surface area contributed by atoms with E-state index in [-0.39, 0.29) is 12.3 Å². The van der Waals surface area contributed by atoms with Gasteiger partial charge < -0.3 is 16.0 Å². The number of carbonyl (C=O) groups excluding carboxylic acids is 2. The number of amides is 3. The Kier molecular flexibility index (Phi) is 5.27. The zero-order valence-corrected chi connectivity index (χ0v) is 17.6. The normalized spacial score (nSPS) is 18.7. The quantitative estimate of drug-likeness (QED) is 0.649. The van der Waals surface area contributed by atoms with Crippen molar-refractivity contribution in [1.29, 1.82) is 0 Å². The molecule has 0 radical (unpaired) electrons. The third-order valence-electron chi connectivity index (χ3n) is 5.87. The summed E-state index contributed by atoms with van der Waals surface area (Å²) in [4.78, 5) is 29.9. The van der Waals surface area contributed by atoms with Crippen LogP contribution in [0.2, 0.25) is 0 Å². The minimum absolute atomic E-state index is 0.263. The molecule has 3 aliphatic rings. The predicted molar refractivity (Wildman–Crippen MR) is 114 cm³/mol. The molecule has 0 unspecified atom stereocenters. The standard InChI is InChI=1S/C20H25N5O4S/c1-25-9-8-22-18(19(25)26)16(11-21)30(28,29)24-20(27)23-17-14-6-2-4-12(14)10-13-5-3-7-15(13)17/h10-11H,2-9,21H2,1H3,(H2,23,24,27). The van der Waals surface area contributed by atoms with Crippen LogP contribution in [-0.4, -0.2) is 51.1 Å². The van der Waals surface area contributed by atoms with Crippen LogP contribution >= 0.6 is 0 Å². The zero-order valence-electron chi connectivity index (χ0n) is 16.8. The molecule has 2 aliphatic carbocycles. The van der Waals surface area contributed by atoms with Crippen molar-refractivity contribution in [3.63, 3.8) is 0 Å². The maximum absolute atomic E-state index is 12.8. The minimum Gasteiger partial charge on any atom is -0.403 e.